The second kappa shape index (κ2) is 9.59. The van der Waals surface area contributed by atoms with Crippen molar-refractivity contribution in [2.24, 2.45) is 5.73 Å². The molecule has 0 aromatic heterocycles. The minimum Gasteiger partial charge on any atom is -0.507 e. The van der Waals surface area contributed by atoms with Crippen molar-refractivity contribution < 1.29 is 44.5 Å². The number of carbonyl (C=O) groups is 3. The van der Waals surface area contributed by atoms with E-state index in [0.717, 1.165) is 0 Å². The van der Waals surface area contributed by atoms with Gasteiger partial charge in [0.25, 0.3) is 0 Å². The molecular weight excluding hydrogens is 387 g/mol. The van der Waals surface area contributed by atoms with Crippen molar-refractivity contribution in [2.45, 2.75) is 37.7 Å². The smallest absolute Gasteiger partial charge is 0.451 e. The lowest BCUT2D eigenvalue weighted by Crippen LogP contribution is -2.56. The maximum absolute atomic E-state index is 12.0. The molecule has 1 aromatic rings. The number of phenols is 1. The van der Waals surface area contributed by atoms with Crippen LogP contribution in [-0.2, 0) is 16.0 Å². The molecule has 1 amide bonds. The van der Waals surface area contributed by atoms with Crippen LogP contribution in [0.1, 0.15) is 28.8 Å². The van der Waals surface area contributed by atoms with Gasteiger partial charge in [0.1, 0.15) is 29.2 Å². The van der Waals surface area contributed by atoms with Crippen LogP contribution in [0.25, 0.3) is 0 Å². The molecule has 0 spiro atoms. The van der Waals surface area contributed by atoms with Crippen LogP contribution in [0, 0.1) is 0 Å². The Morgan fingerprint density at radius 1 is 1.24 bits per heavy atom. The van der Waals surface area contributed by atoms with E-state index in [9.17, 15) is 24.6 Å². The van der Waals surface area contributed by atoms with Crippen molar-refractivity contribution in [2.75, 3.05) is 13.1 Å². The number of aliphatic carboxylic acids is 1. The Morgan fingerprint density at radius 2 is 1.90 bits per heavy atom. The minimum absolute atomic E-state index is 0.0111. The fraction of sp³-hybridized carbons (Fsp3) is 0.471. The summed E-state index contributed by atoms with van der Waals surface area (Å²) in [6, 6.07) is 1.70. The zero-order valence-corrected chi connectivity index (χ0v) is 15.5. The molecule has 2 rings (SSSR count). The Balaban J connectivity index is 1.96. The average Bonchev–Trinajstić information content (AvgIpc) is 2.60. The number of aryl methyl sites for hydroxylation is 1. The molecule has 1 aliphatic rings. The molecule has 11 nitrogen and oxygen atoms in total. The van der Waals surface area contributed by atoms with E-state index in [1.165, 1.54) is 17.0 Å². The first-order valence-corrected chi connectivity index (χ1v) is 8.97. The number of amides is 1. The predicted octanol–water partition coefficient (Wildman–Crippen LogP) is -1.11. The van der Waals surface area contributed by atoms with E-state index in [1.807, 2.05) is 0 Å². The van der Waals surface area contributed by atoms with E-state index in [1.54, 1.807) is 0 Å². The van der Waals surface area contributed by atoms with E-state index < -0.39 is 42.5 Å². The molecule has 0 aliphatic carbocycles. The van der Waals surface area contributed by atoms with Crippen LogP contribution < -0.4 is 10.5 Å². The van der Waals surface area contributed by atoms with Crippen LogP contribution in [-0.4, -0.2) is 80.5 Å². The van der Waals surface area contributed by atoms with Gasteiger partial charge in [-0.25, -0.2) is 4.79 Å². The molecule has 1 aliphatic heterocycles. The van der Waals surface area contributed by atoms with E-state index >= 15 is 0 Å². The number of carboxylic acid groups (broad SMARTS) is 2. The maximum atomic E-state index is 12.0. The van der Waals surface area contributed by atoms with Crippen LogP contribution in [0.15, 0.2) is 12.1 Å². The van der Waals surface area contributed by atoms with Crippen LogP contribution in [0.5, 0.6) is 11.5 Å². The summed E-state index contributed by atoms with van der Waals surface area (Å²) < 4.78 is 5.60. The second-order valence-electron chi connectivity index (χ2n) is 6.79. The van der Waals surface area contributed by atoms with Gasteiger partial charge >= 0.3 is 19.1 Å². The number of likely N-dealkylation sites (tertiary alicyclic amines) is 1. The number of carbonyl (C=O) groups excluding carboxylic acids is 1. The highest BCUT2D eigenvalue weighted by Gasteiger charge is 2.34. The van der Waals surface area contributed by atoms with Crippen molar-refractivity contribution in [3.05, 3.63) is 23.3 Å². The van der Waals surface area contributed by atoms with Crippen molar-refractivity contribution in [3.63, 3.8) is 0 Å². The largest absolute Gasteiger partial charge is 0.507 e. The summed E-state index contributed by atoms with van der Waals surface area (Å²) in [6.45, 7) is 0.388. The van der Waals surface area contributed by atoms with Crippen LogP contribution in [0.2, 0.25) is 6.32 Å². The van der Waals surface area contributed by atoms with Crippen LogP contribution in [0.3, 0.4) is 0 Å². The molecule has 158 valence electrons. The average molecular weight is 410 g/mol. The van der Waals surface area contributed by atoms with E-state index in [-0.39, 0.29) is 55.9 Å². The number of nitrogens with two attached hydrogens (primary N) is 1. The Bertz CT molecular complexity index is 780. The zero-order valence-electron chi connectivity index (χ0n) is 15.5. The fourth-order valence-electron chi connectivity index (χ4n) is 2.86. The number of hydrogen-bond donors (Lipinski definition) is 6. The quantitative estimate of drug-likeness (QED) is 0.258. The highest BCUT2D eigenvalue weighted by Crippen LogP contribution is 2.34. The summed E-state index contributed by atoms with van der Waals surface area (Å²) in [6.07, 6.45) is -0.495. The van der Waals surface area contributed by atoms with Crippen LogP contribution >= 0.6 is 0 Å². The van der Waals surface area contributed by atoms with Crippen molar-refractivity contribution in [1.29, 1.82) is 0 Å². The number of nitrogens with zero attached hydrogens (tertiary/aromatic N) is 1. The Kier molecular flexibility index (Phi) is 7.43. The number of rotatable bonds is 10. The SMILES string of the molecule is NC(CCC(=O)N1CC(Oc2ccc(CCB(O)O)c(O)c2C(=O)O)C1)C(=O)O. The van der Waals surface area contributed by atoms with Crippen molar-refractivity contribution >= 4 is 25.0 Å². The molecule has 0 bridgehead atoms. The minimum atomic E-state index is -1.58. The normalized spacial score (nSPS) is 14.8. The lowest BCUT2D eigenvalue weighted by molar-refractivity contribution is -0.141. The van der Waals surface area contributed by atoms with Gasteiger partial charge in [0.05, 0.1) is 13.1 Å². The third kappa shape index (κ3) is 5.83. The molecule has 7 N–H and O–H groups in total. The summed E-state index contributed by atoms with van der Waals surface area (Å²) in [5, 5.41) is 46.2. The van der Waals surface area contributed by atoms with Gasteiger partial charge in [-0.15, -0.1) is 0 Å². The monoisotopic (exact) mass is 410 g/mol. The van der Waals surface area contributed by atoms with Crippen molar-refractivity contribution in [1.82, 2.24) is 4.90 Å². The number of carboxylic acids is 2. The van der Waals surface area contributed by atoms with Crippen molar-refractivity contribution in [3.8, 4) is 11.5 Å². The van der Waals surface area contributed by atoms with Gasteiger partial charge in [-0.2, -0.15) is 0 Å². The highest BCUT2D eigenvalue weighted by molar-refractivity contribution is 6.41. The lowest BCUT2D eigenvalue weighted by Gasteiger charge is -2.39. The molecule has 1 heterocycles. The number of hydrogen-bond acceptors (Lipinski definition) is 8. The molecule has 1 aromatic carbocycles. The van der Waals surface area contributed by atoms with Crippen LogP contribution in [0.4, 0.5) is 0 Å². The van der Waals surface area contributed by atoms with Gasteiger partial charge in [-0.05, 0) is 30.8 Å². The van der Waals surface area contributed by atoms with E-state index in [0.29, 0.717) is 0 Å². The molecule has 1 saturated heterocycles. The number of aromatic hydroxyl groups is 1. The highest BCUT2D eigenvalue weighted by atomic mass is 16.5. The molecule has 0 radical (unpaired) electrons. The predicted molar refractivity (Wildman–Crippen MR) is 99.6 cm³/mol. The molecule has 12 heteroatoms. The maximum Gasteiger partial charge on any atom is 0.451 e. The lowest BCUT2D eigenvalue weighted by atomic mass is 9.82. The Morgan fingerprint density at radius 3 is 2.45 bits per heavy atom. The summed E-state index contributed by atoms with van der Waals surface area (Å²) >= 11 is 0. The molecule has 1 unspecified atom stereocenters. The van der Waals surface area contributed by atoms with Gasteiger partial charge in [0.2, 0.25) is 5.91 Å². The third-order valence-electron chi connectivity index (χ3n) is 4.59. The van der Waals surface area contributed by atoms with Gasteiger partial charge in [-0.3, -0.25) is 9.59 Å². The standard InChI is InChI=1S/C17H23BN2O9/c19-11(16(23)24)2-4-13(21)20-7-10(8-20)29-12-3-1-9(5-6-18(27)28)15(22)14(12)17(25)26/h1,3,10-11,22,27-28H,2,4-8,19H2,(H,23,24)(H,25,26). The molecule has 1 atom stereocenters. The molecular formula is C17H23BN2O9. The molecule has 29 heavy (non-hydrogen) atoms. The summed E-state index contributed by atoms with van der Waals surface area (Å²) in [5.74, 6) is -3.43. The first-order valence-electron chi connectivity index (χ1n) is 8.97. The summed E-state index contributed by atoms with van der Waals surface area (Å²) in [4.78, 5) is 35.6. The van der Waals surface area contributed by atoms with Gasteiger partial charge in [0.15, 0.2) is 0 Å². The fourth-order valence-corrected chi connectivity index (χ4v) is 2.86. The first kappa shape index (κ1) is 22.5. The summed E-state index contributed by atoms with van der Waals surface area (Å²) in [5.41, 5.74) is 5.16. The topological polar surface area (TPSA) is 191 Å². The van der Waals surface area contributed by atoms with E-state index in [4.69, 9.17) is 25.6 Å². The van der Waals surface area contributed by atoms with E-state index in [2.05, 4.69) is 0 Å². The Labute approximate surface area is 166 Å². The van der Waals surface area contributed by atoms with Gasteiger partial charge in [0, 0.05) is 6.42 Å². The zero-order chi connectivity index (χ0) is 21.7. The first-order chi connectivity index (χ1) is 13.6. The Hall–Kier alpha value is -2.83. The van der Waals surface area contributed by atoms with Gasteiger partial charge < -0.3 is 40.7 Å². The third-order valence-corrected chi connectivity index (χ3v) is 4.59. The number of ether oxygens (including phenoxy) is 1. The molecule has 0 saturated carbocycles. The second-order valence-corrected chi connectivity index (χ2v) is 6.79. The number of benzene rings is 1. The van der Waals surface area contributed by atoms with Gasteiger partial charge in [-0.1, -0.05) is 6.07 Å². The number of aromatic carboxylic acids is 1. The molecule has 1 fully saturated rings. The summed E-state index contributed by atoms with van der Waals surface area (Å²) in [7, 11) is -1.58.